The summed E-state index contributed by atoms with van der Waals surface area (Å²) in [7, 11) is -2.62. The Morgan fingerprint density at radius 3 is 1.92 bits per heavy atom. The zero-order valence-electron chi connectivity index (χ0n) is 13.0. The van der Waals surface area contributed by atoms with E-state index >= 15 is 0 Å². The summed E-state index contributed by atoms with van der Waals surface area (Å²) in [5.41, 5.74) is -2.15. The fraction of sp³-hybridized carbons (Fsp3) is 0.250. The van der Waals surface area contributed by atoms with Crippen molar-refractivity contribution in [2.24, 2.45) is 5.14 Å². The van der Waals surface area contributed by atoms with Crippen LogP contribution in [-0.2, 0) is 16.5 Å². The van der Waals surface area contributed by atoms with Crippen molar-refractivity contribution in [2.75, 3.05) is 0 Å². The smallest absolute Gasteiger partial charge is 0.372 e. The van der Waals surface area contributed by atoms with E-state index in [1.54, 1.807) is 26.0 Å². The molecule has 0 aromatic heterocycles. The summed E-state index contributed by atoms with van der Waals surface area (Å²) in [6, 6.07) is 11.7. The molecule has 0 radical (unpaired) electrons. The van der Waals surface area contributed by atoms with E-state index in [4.69, 9.17) is 8.42 Å². The fourth-order valence-electron chi connectivity index (χ4n) is 2.29. The number of alkyl halides is 3. The summed E-state index contributed by atoms with van der Waals surface area (Å²) < 4.78 is 58.2. The standard InChI is InChI=1S/C16H15F3O.H3NO2S/c1-11-7-6-10-14(12(11)2)15(20,16(17,18)19)13-8-4-3-5-9-13;1-4(2)3/h3-10,20H,1-2H3;4H,(H2,1,2,3). The third-order valence-electron chi connectivity index (χ3n) is 3.60. The van der Waals surface area contributed by atoms with E-state index < -0.39 is 22.7 Å². The molecule has 0 aliphatic rings. The second-order valence-corrected chi connectivity index (χ2v) is 5.68. The van der Waals surface area contributed by atoms with Crippen LogP contribution in [0.4, 0.5) is 13.2 Å². The number of halogens is 3. The molecule has 8 heteroatoms. The maximum Gasteiger partial charge on any atom is 0.425 e. The lowest BCUT2D eigenvalue weighted by atomic mass is 9.82. The molecule has 0 amide bonds. The van der Waals surface area contributed by atoms with E-state index in [0.29, 0.717) is 11.1 Å². The minimum absolute atomic E-state index is 0.129. The molecule has 0 heterocycles. The van der Waals surface area contributed by atoms with E-state index in [9.17, 15) is 18.3 Å². The number of hydrogen-bond acceptors (Lipinski definition) is 3. The molecule has 0 aliphatic carbocycles. The van der Waals surface area contributed by atoms with Gasteiger partial charge < -0.3 is 5.11 Å². The lowest BCUT2D eigenvalue weighted by Gasteiger charge is -2.33. The van der Waals surface area contributed by atoms with Crippen molar-refractivity contribution in [3.63, 3.8) is 0 Å². The molecule has 0 spiro atoms. The van der Waals surface area contributed by atoms with E-state index in [1.165, 1.54) is 36.4 Å². The van der Waals surface area contributed by atoms with Crippen molar-refractivity contribution in [1.82, 2.24) is 0 Å². The van der Waals surface area contributed by atoms with E-state index in [2.05, 4.69) is 5.14 Å². The quantitative estimate of drug-likeness (QED) is 0.719. The highest BCUT2D eigenvalue weighted by molar-refractivity contribution is 7.69. The summed E-state index contributed by atoms with van der Waals surface area (Å²) in [5.74, 6) is 0. The van der Waals surface area contributed by atoms with Crippen LogP contribution >= 0.6 is 0 Å². The molecule has 0 bridgehead atoms. The van der Waals surface area contributed by atoms with E-state index in [-0.39, 0.29) is 11.1 Å². The van der Waals surface area contributed by atoms with E-state index in [1.807, 2.05) is 0 Å². The molecule has 0 saturated heterocycles. The number of rotatable bonds is 2. The molecular formula is C16H18F3NO3S. The number of hydrogen-bond donors (Lipinski definition) is 3. The monoisotopic (exact) mass is 361 g/mol. The summed E-state index contributed by atoms with van der Waals surface area (Å²) in [5, 5.41) is 14.5. The van der Waals surface area contributed by atoms with Crippen LogP contribution in [0.3, 0.4) is 0 Å². The van der Waals surface area contributed by atoms with Gasteiger partial charge in [0.25, 0.3) is 0 Å². The van der Waals surface area contributed by atoms with Gasteiger partial charge in [-0.05, 0) is 30.5 Å². The third kappa shape index (κ3) is 4.34. The highest BCUT2D eigenvalue weighted by atomic mass is 32.2. The molecule has 4 nitrogen and oxygen atoms in total. The number of thiol groups is 1. The molecule has 0 fully saturated rings. The molecule has 24 heavy (non-hydrogen) atoms. The maximum atomic E-state index is 13.5. The Morgan fingerprint density at radius 1 is 0.958 bits per heavy atom. The van der Waals surface area contributed by atoms with Gasteiger partial charge in [0.15, 0.2) is 10.9 Å². The molecule has 1 atom stereocenters. The zero-order valence-corrected chi connectivity index (χ0v) is 13.9. The second-order valence-electron chi connectivity index (χ2n) is 5.11. The Morgan fingerprint density at radius 2 is 1.46 bits per heavy atom. The van der Waals surface area contributed by atoms with Crippen LogP contribution in [0.1, 0.15) is 22.3 Å². The van der Waals surface area contributed by atoms with Crippen molar-refractivity contribution in [3.8, 4) is 0 Å². The van der Waals surface area contributed by atoms with Crippen LogP contribution in [0, 0.1) is 13.8 Å². The van der Waals surface area contributed by atoms with Crippen LogP contribution < -0.4 is 5.14 Å². The maximum absolute atomic E-state index is 13.5. The number of nitrogens with two attached hydrogens (primary N) is 1. The minimum Gasteiger partial charge on any atom is -0.372 e. The highest BCUT2D eigenvalue weighted by Crippen LogP contribution is 2.45. The van der Waals surface area contributed by atoms with Gasteiger partial charge in [0.1, 0.15) is 0 Å². The molecule has 2 rings (SSSR count). The Hall–Kier alpha value is -1.90. The van der Waals surface area contributed by atoms with Gasteiger partial charge in [0.05, 0.1) is 0 Å². The first kappa shape index (κ1) is 20.1. The van der Waals surface area contributed by atoms with Crippen LogP contribution in [0.25, 0.3) is 0 Å². The second kappa shape index (κ2) is 7.78. The molecule has 0 saturated carbocycles. The zero-order chi connectivity index (χ0) is 18.5. The Balaban J connectivity index is 0.000000648. The largest absolute Gasteiger partial charge is 0.425 e. The molecule has 2 aromatic carbocycles. The SMILES string of the molecule is Cc1cccc(C(O)(c2ccccc2)C(F)(F)F)c1C.N[SH](=O)=O. The average Bonchev–Trinajstić information content (AvgIpc) is 2.48. The van der Waals surface area contributed by atoms with Gasteiger partial charge in [-0.2, -0.15) is 13.2 Å². The molecular weight excluding hydrogens is 343 g/mol. The predicted molar refractivity (Wildman–Crippen MR) is 85.9 cm³/mol. The fourth-order valence-corrected chi connectivity index (χ4v) is 2.29. The van der Waals surface area contributed by atoms with Crippen LogP contribution in [-0.4, -0.2) is 19.7 Å². The van der Waals surface area contributed by atoms with Gasteiger partial charge in [-0.1, -0.05) is 48.5 Å². The van der Waals surface area contributed by atoms with Crippen molar-refractivity contribution in [3.05, 3.63) is 70.8 Å². The molecule has 0 aliphatic heterocycles. The number of benzene rings is 2. The molecule has 2 aromatic rings. The van der Waals surface area contributed by atoms with Gasteiger partial charge in [-0.15, -0.1) is 0 Å². The average molecular weight is 361 g/mol. The lowest BCUT2D eigenvalue weighted by molar-refractivity contribution is -0.248. The lowest BCUT2D eigenvalue weighted by Crippen LogP contribution is -2.44. The molecule has 132 valence electrons. The van der Waals surface area contributed by atoms with Gasteiger partial charge in [-0.25, -0.2) is 13.6 Å². The Kier molecular flexibility index (Phi) is 6.53. The Bertz CT molecular complexity index is 753. The van der Waals surface area contributed by atoms with Crippen molar-refractivity contribution in [1.29, 1.82) is 0 Å². The van der Waals surface area contributed by atoms with Gasteiger partial charge in [-0.3, -0.25) is 0 Å². The van der Waals surface area contributed by atoms with Gasteiger partial charge in [0, 0.05) is 5.56 Å². The van der Waals surface area contributed by atoms with Gasteiger partial charge in [0.2, 0.25) is 5.60 Å². The molecule has 1 unspecified atom stereocenters. The summed E-state index contributed by atoms with van der Waals surface area (Å²) >= 11 is 0. The first-order valence-electron chi connectivity index (χ1n) is 6.82. The van der Waals surface area contributed by atoms with Crippen molar-refractivity contribution < 1.29 is 26.7 Å². The predicted octanol–water partition coefficient (Wildman–Crippen LogP) is 2.57. The van der Waals surface area contributed by atoms with E-state index in [0.717, 1.165) is 0 Å². The topological polar surface area (TPSA) is 80.4 Å². The van der Waals surface area contributed by atoms with Crippen LogP contribution in [0.15, 0.2) is 48.5 Å². The normalized spacial score (nSPS) is 13.8. The van der Waals surface area contributed by atoms with Crippen LogP contribution in [0.5, 0.6) is 0 Å². The number of aliphatic hydroxyl groups is 1. The summed E-state index contributed by atoms with van der Waals surface area (Å²) in [6.07, 6.45) is -4.80. The number of aryl methyl sites for hydroxylation is 1. The van der Waals surface area contributed by atoms with Crippen molar-refractivity contribution >= 4 is 10.9 Å². The van der Waals surface area contributed by atoms with Gasteiger partial charge >= 0.3 is 6.18 Å². The minimum atomic E-state index is -4.80. The first-order valence-corrected chi connectivity index (χ1v) is 8.07. The Labute approximate surface area is 139 Å². The highest BCUT2D eigenvalue weighted by Gasteiger charge is 2.56. The first-order chi connectivity index (χ1) is 11.0. The van der Waals surface area contributed by atoms with Crippen molar-refractivity contribution in [2.45, 2.75) is 25.6 Å². The summed E-state index contributed by atoms with van der Waals surface area (Å²) in [6.45, 7) is 3.31. The van der Waals surface area contributed by atoms with Crippen LogP contribution in [0.2, 0.25) is 0 Å². The molecule has 3 N–H and O–H groups in total. The summed E-state index contributed by atoms with van der Waals surface area (Å²) in [4.78, 5) is 0. The third-order valence-corrected chi connectivity index (χ3v) is 3.60.